The molecule has 1 aromatic heterocycles. The highest BCUT2D eigenvalue weighted by Crippen LogP contribution is 2.14. The number of aromatic amines is 1. The van der Waals surface area contributed by atoms with E-state index in [-0.39, 0.29) is 12.3 Å². The van der Waals surface area contributed by atoms with E-state index in [4.69, 9.17) is 5.11 Å². The first-order valence-electron chi connectivity index (χ1n) is 6.85. The van der Waals surface area contributed by atoms with E-state index in [9.17, 15) is 9.59 Å². The highest BCUT2D eigenvalue weighted by atomic mass is 16.4. The summed E-state index contributed by atoms with van der Waals surface area (Å²) in [6.45, 7) is 1.95. The molecule has 20 heavy (non-hydrogen) atoms. The van der Waals surface area contributed by atoms with Crippen LogP contribution in [0.5, 0.6) is 0 Å². The summed E-state index contributed by atoms with van der Waals surface area (Å²) in [5, 5.41) is 15.0. The Hall–Kier alpha value is -1.89. The molecule has 0 aromatic carbocycles. The molecular formula is C13H20N4O3. The molecule has 2 heterocycles. The van der Waals surface area contributed by atoms with E-state index < -0.39 is 12.0 Å². The Labute approximate surface area is 117 Å². The third kappa shape index (κ3) is 4.34. The molecule has 0 bridgehead atoms. The van der Waals surface area contributed by atoms with Crippen molar-refractivity contribution in [3.63, 3.8) is 0 Å². The average molecular weight is 280 g/mol. The molecular weight excluding hydrogens is 260 g/mol. The van der Waals surface area contributed by atoms with Gasteiger partial charge in [-0.05, 0) is 31.8 Å². The number of nitrogens with zero attached hydrogens (tertiary/aromatic N) is 1. The van der Waals surface area contributed by atoms with Gasteiger partial charge < -0.3 is 20.7 Å². The van der Waals surface area contributed by atoms with Crippen LogP contribution in [-0.2, 0) is 16.0 Å². The van der Waals surface area contributed by atoms with Gasteiger partial charge in [-0.1, -0.05) is 0 Å². The van der Waals surface area contributed by atoms with Gasteiger partial charge in [0.2, 0.25) is 5.91 Å². The third-order valence-corrected chi connectivity index (χ3v) is 3.55. The summed E-state index contributed by atoms with van der Waals surface area (Å²) < 4.78 is 0. The zero-order chi connectivity index (χ0) is 14.4. The van der Waals surface area contributed by atoms with Crippen molar-refractivity contribution in [2.24, 2.45) is 5.92 Å². The van der Waals surface area contributed by atoms with E-state index in [1.165, 1.54) is 6.33 Å². The number of hydrogen-bond donors (Lipinski definition) is 4. The van der Waals surface area contributed by atoms with Crippen LogP contribution in [0.4, 0.5) is 0 Å². The molecule has 0 saturated carbocycles. The number of amides is 1. The summed E-state index contributed by atoms with van der Waals surface area (Å²) in [5.41, 5.74) is 0.692. The van der Waals surface area contributed by atoms with Gasteiger partial charge in [0.1, 0.15) is 6.04 Å². The lowest BCUT2D eigenvalue weighted by Crippen LogP contribution is -2.42. The van der Waals surface area contributed by atoms with Crippen LogP contribution in [0.15, 0.2) is 12.5 Å². The molecule has 4 N–H and O–H groups in total. The summed E-state index contributed by atoms with van der Waals surface area (Å²) in [4.78, 5) is 29.7. The lowest BCUT2D eigenvalue weighted by molar-refractivity contribution is -0.141. The predicted octanol–water partition coefficient (Wildman–Crippen LogP) is -0.0887. The fraction of sp³-hybridized carbons (Fsp3) is 0.615. The smallest absolute Gasteiger partial charge is 0.326 e. The van der Waals surface area contributed by atoms with Crippen LogP contribution >= 0.6 is 0 Å². The molecule has 0 spiro atoms. The zero-order valence-electron chi connectivity index (χ0n) is 11.3. The van der Waals surface area contributed by atoms with Crippen LogP contribution in [0.2, 0.25) is 0 Å². The van der Waals surface area contributed by atoms with Gasteiger partial charge in [0, 0.05) is 24.7 Å². The summed E-state index contributed by atoms with van der Waals surface area (Å²) in [6, 6.07) is -0.912. The van der Waals surface area contributed by atoms with Crippen molar-refractivity contribution in [2.75, 3.05) is 13.1 Å². The van der Waals surface area contributed by atoms with E-state index in [1.54, 1.807) is 6.20 Å². The minimum Gasteiger partial charge on any atom is -0.480 e. The van der Waals surface area contributed by atoms with Crippen molar-refractivity contribution >= 4 is 11.9 Å². The van der Waals surface area contributed by atoms with Crippen molar-refractivity contribution in [1.82, 2.24) is 20.6 Å². The Morgan fingerprint density at radius 2 is 2.40 bits per heavy atom. The number of carboxylic acids is 1. The number of H-pyrrole nitrogens is 1. The highest BCUT2D eigenvalue weighted by Gasteiger charge is 2.22. The number of carboxylic acid groups (broad SMARTS) is 1. The molecule has 110 valence electrons. The maximum absolute atomic E-state index is 11.8. The highest BCUT2D eigenvalue weighted by molar-refractivity contribution is 5.83. The SMILES string of the molecule is O=C(CCC1CCNC1)NC(Cc1cnc[nH]1)C(=O)O. The largest absolute Gasteiger partial charge is 0.480 e. The van der Waals surface area contributed by atoms with E-state index in [1.807, 2.05) is 0 Å². The second-order valence-corrected chi connectivity index (χ2v) is 5.14. The molecule has 0 radical (unpaired) electrons. The van der Waals surface area contributed by atoms with Crippen molar-refractivity contribution < 1.29 is 14.7 Å². The van der Waals surface area contributed by atoms with E-state index >= 15 is 0 Å². The molecule has 1 fully saturated rings. The Morgan fingerprint density at radius 3 is 3.00 bits per heavy atom. The molecule has 1 saturated heterocycles. The molecule has 0 aliphatic carbocycles. The van der Waals surface area contributed by atoms with E-state index in [0.717, 1.165) is 25.9 Å². The van der Waals surface area contributed by atoms with E-state index in [2.05, 4.69) is 20.6 Å². The molecule has 2 unspecified atom stereocenters. The second kappa shape index (κ2) is 7.04. The molecule has 1 aliphatic heterocycles. The monoisotopic (exact) mass is 280 g/mol. The number of rotatable bonds is 7. The first-order chi connectivity index (χ1) is 9.65. The second-order valence-electron chi connectivity index (χ2n) is 5.14. The van der Waals surface area contributed by atoms with Crippen molar-refractivity contribution in [3.8, 4) is 0 Å². The maximum Gasteiger partial charge on any atom is 0.326 e. The standard InChI is InChI=1S/C13H20N4O3/c18-12(2-1-9-3-4-14-6-9)17-11(13(19)20)5-10-7-15-8-16-10/h7-9,11,14H,1-6H2,(H,15,16)(H,17,18)(H,19,20). The molecule has 2 rings (SSSR count). The summed E-state index contributed by atoms with van der Waals surface area (Å²) >= 11 is 0. The number of aromatic nitrogens is 2. The Kier molecular flexibility index (Phi) is 5.11. The summed E-state index contributed by atoms with van der Waals surface area (Å²) in [6.07, 6.45) is 5.53. The van der Waals surface area contributed by atoms with Gasteiger partial charge in [-0.15, -0.1) is 0 Å². The van der Waals surface area contributed by atoms with Crippen molar-refractivity contribution in [1.29, 1.82) is 0 Å². The Bertz CT molecular complexity index is 440. The van der Waals surface area contributed by atoms with Gasteiger partial charge in [-0.3, -0.25) is 4.79 Å². The van der Waals surface area contributed by atoms with Crippen LogP contribution < -0.4 is 10.6 Å². The molecule has 1 aromatic rings. The van der Waals surface area contributed by atoms with Gasteiger partial charge in [0.25, 0.3) is 0 Å². The minimum absolute atomic E-state index is 0.205. The molecule has 1 amide bonds. The number of aliphatic carboxylic acids is 1. The van der Waals surface area contributed by atoms with Gasteiger partial charge >= 0.3 is 5.97 Å². The predicted molar refractivity (Wildman–Crippen MR) is 72.1 cm³/mol. The van der Waals surface area contributed by atoms with Crippen molar-refractivity contribution in [2.45, 2.75) is 31.7 Å². The number of hydrogen-bond acceptors (Lipinski definition) is 4. The summed E-state index contributed by atoms with van der Waals surface area (Å²) in [5.74, 6) is -0.712. The maximum atomic E-state index is 11.8. The summed E-state index contributed by atoms with van der Waals surface area (Å²) in [7, 11) is 0. The molecule has 7 nitrogen and oxygen atoms in total. The number of imidazole rings is 1. The van der Waals surface area contributed by atoms with Crippen LogP contribution in [-0.4, -0.2) is 46.1 Å². The Balaban J connectivity index is 1.78. The lowest BCUT2D eigenvalue weighted by Gasteiger charge is -2.14. The lowest BCUT2D eigenvalue weighted by atomic mass is 10.0. The van der Waals surface area contributed by atoms with Crippen LogP contribution in [0.3, 0.4) is 0 Å². The molecule has 1 aliphatic rings. The van der Waals surface area contributed by atoms with Crippen molar-refractivity contribution in [3.05, 3.63) is 18.2 Å². The normalized spacial score (nSPS) is 19.7. The fourth-order valence-corrected chi connectivity index (χ4v) is 2.38. The first-order valence-corrected chi connectivity index (χ1v) is 6.85. The molecule has 7 heteroatoms. The number of carbonyl (C=O) groups excluding carboxylic acids is 1. The minimum atomic E-state index is -1.03. The number of nitrogens with one attached hydrogen (secondary N) is 3. The third-order valence-electron chi connectivity index (χ3n) is 3.55. The van der Waals surface area contributed by atoms with Crippen LogP contribution in [0.25, 0.3) is 0 Å². The first kappa shape index (κ1) is 14.5. The van der Waals surface area contributed by atoms with Gasteiger partial charge in [-0.2, -0.15) is 0 Å². The molecule has 2 atom stereocenters. The average Bonchev–Trinajstić information content (AvgIpc) is 3.08. The van der Waals surface area contributed by atoms with Gasteiger partial charge in [-0.25, -0.2) is 9.78 Å². The topological polar surface area (TPSA) is 107 Å². The van der Waals surface area contributed by atoms with Gasteiger partial charge in [0.05, 0.1) is 6.33 Å². The quantitative estimate of drug-likeness (QED) is 0.558. The Morgan fingerprint density at radius 1 is 1.55 bits per heavy atom. The van der Waals surface area contributed by atoms with E-state index in [0.29, 0.717) is 18.0 Å². The fourth-order valence-electron chi connectivity index (χ4n) is 2.38. The van der Waals surface area contributed by atoms with Crippen LogP contribution in [0.1, 0.15) is 25.0 Å². The zero-order valence-corrected chi connectivity index (χ0v) is 11.3. The van der Waals surface area contributed by atoms with Crippen LogP contribution in [0, 0.1) is 5.92 Å². The van der Waals surface area contributed by atoms with Gasteiger partial charge in [0.15, 0.2) is 0 Å². The number of carbonyl (C=O) groups is 2.